The van der Waals surface area contributed by atoms with Crippen molar-refractivity contribution in [2.45, 2.75) is 12.3 Å². The maximum Gasteiger partial charge on any atom is 0.226 e. The Hall–Kier alpha value is -2.44. The fourth-order valence-electron chi connectivity index (χ4n) is 3.45. The highest BCUT2D eigenvalue weighted by atomic mass is 19.1. The Morgan fingerprint density at radius 3 is 2.75 bits per heavy atom. The molecule has 0 bridgehead atoms. The van der Waals surface area contributed by atoms with Gasteiger partial charge in [-0.1, -0.05) is 0 Å². The molecule has 7 heteroatoms. The van der Waals surface area contributed by atoms with Crippen LogP contribution in [0.2, 0.25) is 0 Å². The number of nitrogens with zero attached hydrogens (tertiary/aromatic N) is 5. The van der Waals surface area contributed by atoms with Gasteiger partial charge in [0.15, 0.2) is 11.6 Å². The van der Waals surface area contributed by atoms with Gasteiger partial charge < -0.3 is 9.80 Å². The lowest BCUT2D eigenvalue weighted by Gasteiger charge is -2.35. The first-order valence-electron chi connectivity index (χ1n) is 8.26. The number of aromatic nitrogens is 3. The van der Waals surface area contributed by atoms with Crippen LogP contribution >= 0.6 is 0 Å². The van der Waals surface area contributed by atoms with Crippen molar-refractivity contribution in [1.29, 1.82) is 0 Å². The lowest BCUT2D eigenvalue weighted by atomic mass is 10.1. The molecule has 3 heterocycles. The Morgan fingerprint density at radius 2 is 2.08 bits per heavy atom. The quantitative estimate of drug-likeness (QED) is 0.854. The second kappa shape index (κ2) is 5.89. The number of hydrogen-bond acceptors (Lipinski definition) is 4. The first-order chi connectivity index (χ1) is 11.6. The van der Waals surface area contributed by atoms with Crippen molar-refractivity contribution >= 4 is 11.7 Å². The number of rotatable bonds is 3. The molecule has 1 saturated carbocycles. The number of aryl methyl sites for hydroxylation is 1. The number of pyridine rings is 1. The Labute approximate surface area is 139 Å². The Balaban J connectivity index is 1.35. The van der Waals surface area contributed by atoms with E-state index in [-0.39, 0.29) is 17.6 Å². The molecular formula is C17H20FN5O. The lowest BCUT2D eigenvalue weighted by molar-refractivity contribution is -0.133. The highest BCUT2D eigenvalue weighted by Crippen LogP contribution is 2.48. The molecule has 0 spiro atoms. The zero-order valence-electron chi connectivity index (χ0n) is 13.6. The summed E-state index contributed by atoms with van der Waals surface area (Å²) in [5, 5.41) is 4.18. The van der Waals surface area contributed by atoms with Crippen LogP contribution in [0, 0.1) is 11.7 Å². The van der Waals surface area contributed by atoms with Crippen LogP contribution in [0.25, 0.3) is 0 Å². The van der Waals surface area contributed by atoms with Crippen LogP contribution < -0.4 is 4.90 Å². The zero-order chi connectivity index (χ0) is 16.7. The minimum absolute atomic E-state index is 0.0762. The predicted octanol–water partition coefficient (Wildman–Crippen LogP) is 1.41. The number of halogens is 1. The minimum Gasteiger partial charge on any atom is -0.351 e. The maximum absolute atomic E-state index is 13.8. The van der Waals surface area contributed by atoms with E-state index in [0.29, 0.717) is 37.9 Å². The van der Waals surface area contributed by atoms with Gasteiger partial charge in [-0.15, -0.1) is 0 Å². The van der Waals surface area contributed by atoms with E-state index in [1.54, 1.807) is 16.9 Å². The first-order valence-corrected chi connectivity index (χ1v) is 8.26. The van der Waals surface area contributed by atoms with Gasteiger partial charge in [-0.25, -0.2) is 9.37 Å². The Kier molecular flexibility index (Phi) is 3.70. The van der Waals surface area contributed by atoms with Crippen LogP contribution in [-0.2, 0) is 11.8 Å². The van der Waals surface area contributed by atoms with Crippen molar-refractivity contribution < 1.29 is 9.18 Å². The number of anilines is 1. The molecule has 24 heavy (non-hydrogen) atoms. The molecule has 126 valence electrons. The summed E-state index contributed by atoms with van der Waals surface area (Å²) in [5.74, 6) is 0.662. The van der Waals surface area contributed by atoms with Gasteiger partial charge in [0.1, 0.15) is 0 Å². The van der Waals surface area contributed by atoms with E-state index in [2.05, 4.69) is 10.1 Å². The van der Waals surface area contributed by atoms with Crippen LogP contribution in [-0.4, -0.2) is 51.8 Å². The minimum atomic E-state index is -0.309. The largest absolute Gasteiger partial charge is 0.351 e. The molecule has 1 amide bonds. The molecule has 2 atom stereocenters. The van der Waals surface area contributed by atoms with Gasteiger partial charge in [0, 0.05) is 51.5 Å². The average molecular weight is 329 g/mol. The van der Waals surface area contributed by atoms with Gasteiger partial charge in [-0.05, 0) is 30.0 Å². The fourth-order valence-corrected chi connectivity index (χ4v) is 3.45. The normalized spacial score (nSPS) is 23.4. The summed E-state index contributed by atoms with van der Waals surface area (Å²) in [7, 11) is 1.89. The molecule has 1 aliphatic carbocycles. The summed E-state index contributed by atoms with van der Waals surface area (Å²) in [6.45, 7) is 2.46. The third kappa shape index (κ3) is 2.74. The molecule has 2 fully saturated rings. The topological polar surface area (TPSA) is 54.3 Å². The smallest absolute Gasteiger partial charge is 0.226 e. The molecule has 0 unspecified atom stereocenters. The summed E-state index contributed by atoms with van der Waals surface area (Å²) in [6.07, 6.45) is 6.33. The molecule has 0 aromatic carbocycles. The molecular weight excluding hydrogens is 309 g/mol. The number of carbonyl (C=O) groups excluding carboxylic acids is 1. The molecule has 2 aromatic heterocycles. The average Bonchev–Trinajstić information content (AvgIpc) is 3.29. The predicted molar refractivity (Wildman–Crippen MR) is 87.0 cm³/mol. The molecule has 0 N–H and O–H groups in total. The number of carbonyl (C=O) groups is 1. The van der Waals surface area contributed by atoms with Crippen molar-refractivity contribution in [2.24, 2.45) is 13.0 Å². The van der Waals surface area contributed by atoms with Crippen LogP contribution in [0.5, 0.6) is 0 Å². The van der Waals surface area contributed by atoms with E-state index in [0.717, 1.165) is 12.0 Å². The van der Waals surface area contributed by atoms with Crippen molar-refractivity contribution in [3.05, 3.63) is 42.1 Å². The van der Waals surface area contributed by atoms with Gasteiger partial charge in [-0.2, -0.15) is 5.10 Å². The van der Waals surface area contributed by atoms with Crippen LogP contribution in [0.1, 0.15) is 17.9 Å². The molecule has 6 nitrogen and oxygen atoms in total. The second-order valence-corrected chi connectivity index (χ2v) is 6.52. The van der Waals surface area contributed by atoms with Crippen molar-refractivity contribution in [2.75, 3.05) is 31.1 Å². The Morgan fingerprint density at radius 1 is 1.29 bits per heavy atom. The third-order valence-corrected chi connectivity index (χ3v) is 4.89. The van der Waals surface area contributed by atoms with Gasteiger partial charge >= 0.3 is 0 Å². The molecule has 1 saturated heterocycles. The van der Waals surface area contributed by atoms with Gasteiger partial charge in [-0.3, -0.25) is 9.48 Å². The lowest BCUT2D eigenvalue weighted by Crippen LogP contribution is -2.49. The molecule has 2 aliphatic rings. The fraction of sp³-hybridized carbons (Fsp3) is 0.471. The summed E-state index contributed by atoms with van der Waals surface area (Å²) in [6, 6.07) is 3.01. The molecule has 4 rings (SSSR count). The van der Waals surface area contributed by atoms with E-state index in [1.165, 1.54) is 6.07 Å². The summed E-state index contributed by atoms with van der Waals surface area (Å²) in [4.78, 5) is 20.6. The van der Waals surface area contributed by atoms with Crippen molar-refractivity contribution in [1.82, 2.24) is 19.7 Å². The standard InChI is InChI=1S/C17H20FN5O/c1-21-11-12(10-20-21)13-9-14(13)17(24)23-7-5-22(6-8-23)16-15(18)3-2-4-19-16/h2-4,10-11,13-14H,5-9H2,1H3/t13-,14+/m0/s1. The highest BCUT2D eigenvalue weighted by Gasteiger charge is 2.46. The highest BCUT2D eigenvalue weighted by molar-refractivity contribution is 5.83. The van der Waals surface area contributed by atoms with Crippen LogP contribution in [0.15, 0.2) is 30.7 Å². The summed E-state index contributed by atoms with van der Waals surface area (Å²) < 4.78 is 15.6. The van der Waals surface area contributed by atoms with E-state index in [1.807, 2.05) is 29.2 Å². The number of amides is 1. The summed E-state index contributed by atoms with van der Waals surface area (Å²) in [5.41, 5.74) is 1.14. The molecule has 1 aliphatic heterocycles. The number of piperazine rings is 1. The number of hydrogen-bond donors (Lipinski definition) is 0. The van der Waals surface area contributed by atoms with Crippen molar-refractivity contribution in [3.8, 4) is 0 Å². The SMILES string of the molecule is Cn1cc([C@@H]2C[C@H]2C(=O)N2CCN(c3ncccc3F)CC2)cn1. The first kappa shape index (κ1) is 15.1. The second-order valence-electron chi connectivity index (χ2n) is 6.52. The zero-order valence-corrected chi connectivity index (χ0v) is 13.6. The third-order valence-electron chi connectivity index (χ3n) is 4.89. The molecule has 2 aromatic rings. The Bertz CT molecular complexity index is 753. The van der Waals surface area contributed by atoms with Gasteiger partial charge in [0.05, 0.1) is 6.20 Å². The van der Waals surface area contributed by atoms with Gasteiger partial charge in [0.2, 0.25) is 5.91 Å². The summed E-state index contributed by atoms with van der Waals surface area (Å²) >= 11 is 0. The van der Waals surface area contributed by atoms with E-state index >= 15 is 0 Å². The van der Waals surface area contributed by atoms with E-state index in [9.17, 15) is 9.18 Å². The van der Waals surface area contributed by atoms with Crippen molar-refractivity contribution in [3.63, 3.8) is 0 Å². The maximum atomic E-state index is 13.8. The van der Waals surface area contributed by atoms with E-state index in [4.69, 9.17) is 0 Å². The molecule has 0 radical (unpaired) electrons. The monoisotopic (exact) mass is 329 g/mol. The van der Waals surface area contributed by atoms with E-state index < -0.39 is 0 Å². The van der Waals surface area contributed by atoms with Crippen LogP contribution in [0.3, 0.4) is 0 Å². The van der Waals surface area contributed by atoms with Crippen LogP contribution in [0.4, 0.5) is 10.2 Å². The van der Waals surface area contributed by atoms with Gasteiger partial charge in [0.25, 0.3) is 0 Å².